The van der Waals surface area contributed by atoms with Gasteiger partial charge in [0.2, 0.25) is 0 Å². The Bertz CT molecular complexity index is 542. The van der Waals surface area contributed by atoms with Crippen molar-refractivity contribution in [3.05, 3.63) is 30.3 Å². The molecule has 0 radical (unpaired) electrons. The monoisotopic (exact) mass is 424 g/mol. The second-order valence-electron chi connectivity index (χ2n) is 6.82. The molecule has 1 aromatic rings. The highest BCUT2D eigenvalue weighted by Crippen LogP contribution is 2.22. The van der Waals surface area contributed by atoms with Gasteiger partial charge in [0, 0.05) is 13.2 Å². The predicted molar refractivity (Wildman–Crippen MR) is 120 cm³/mol. The minimum Gasteiger partial charge on any atom is -0.394 e. The van der Waals surface area contributed by atoms with E-state index in [-0.39, 0.29) is 25.0 Å². The highest BCUT2D eigenvalue weighted by atomic mass is 16.5. The summed E-state index contributed by atoms with van der Waals surface area (Å²) in [6.07, 6.45) is 8.51. The van der Waals surface area contributed by atoms with Crippen molar-refractivity contribution in [2.45, 2.75) is 65.7 Å². The van der Waals surface area contributed by atoms with Crippen molar-refractivity contribution in [1.29, 1.82) is 0 Å². The molecule has 1 aliphatic carbocycles. The van der Waals surface area contributed by atoms with Gasteiger partial charge in [0.25, 0.3) is 11.8 Å². The molecule has 30 heavy (non-hydrogen) atoms. The molecule has 3 N–H and O–H groups in total. The molecule has 0 spiro atoms. The zero-order valence-electron chi connectivity index (χ0n) is 18.8. The quantitative estimate of drug-likeness (QED) is 0.582. The lowest BCUT2D eigenvalue weighted by atomic mass is 10.0. The number of nitrogens with one attached hydrogen (secondary N) is 1. The third-order valence-corrected chi connectivity index (χ3v) is 4.43. The maximum absolute atomic E-state index is 12.1. The maximum atomic E-state index is 12.1. The van der Waals surface area contributed by atoms with E-state index in [1.807, 2.05) is 39.0 Å². The normalized spacial score (nSPS) is 16.7. The van der Waals surface area contributed by atoms with Gasteiger partial charge in [-0.25, -0.2) is 5.01 Å². The van der Waals surface area contributed by atoms with Crippen LogP contribution in [0.25, 0.3) is 0 Å². The third kappa shape index (κ3) is 11.9. The molecule has 1 atom stereocenters. The van der Waals surface area contributed by atoms with Crippen molar-refractivity contribution in [3.8, 4) is 0 Å². The second kappa shape index (κ2) is 19.0. The number of benzene rings is 1. The molecule has 7 heteroatoms. The molecule has 0 aromatic heterocycles. The zero-order chi connectivity index (χ0) is 22.6. The molecule has 1 aliphatic heterocycles. The molecule has 0 bridgehead atoms. The number of aliphatic hydroxyl groups excluding tert-OH is 2. The zero-order valence-corrected chi connectivity index (χ0v) is 18.8. The summed E-state index contributed by atoms with van der Waals surface area (Å²) in [5.41, 5.74) is 3.34. The van der Waals surface area contributed by atoms with Crippen LogP contribution >= 0.6 is 0 Å². The van der Waals surface area contributed by atoms with E-state index < -0.39 is 5.92 Å². The van der Waals surface area contributed by atoms with E-state index in [4.69, 9.17) is 14.9 Å². The van der Waals surface area contributed by atoms with E-state index in [9.17, 15) is 9.59 Å². The van der Waals surface area contributed by atoms with E-state index >= 15 is 0 Å². The highest BCUT2D eigenvalue weighted by molar-refractivity contribution is 6.14. The first-order chi connectivity index (χ1) is 14.6. The number of nitrogens with zero attached hydrogens (tertiary/aromatic N) is 1. The Balaban J connectivity index is 0.000000526. The smallest absolute Gasteiger partial charge is 0.258 e. The molecular weight excluding hydrogens is 384 g/mol. The minimum atomic E-state index is -0.518. The molecule has 2 amide bonds. The second-order valence-corrected chi connectivity index (χ2v) is 6.82. The van der Waals surface area contributed by atoms with Gasteiger partial charge in [0.1, 0.15) is 5.92 Å². The van der Waals surface area contributed by atoms with Crippen LogP contribution < -0.4 is 10.4 Å². The van der Waals surface area contributed by atoms with Crippen molar-refractivity contribution >= 4 is 17.5 Å². The average Bonchev–Trinajstić information content (AvgIpc) is 3.00. The number of hydrogen-bond acceptors (Lipinski definition) is 5. The number of para-hydroxylation sites is 1. The van der Waals surface area contributed by atoms with Crippen LogP contribution in [0.1, 0.15) is 65.7 Å². The average molecular weight is 425 g/mol. The minimum absolute atomic E-state index is 0.125. The number of carbonyl (C=O) groups is 2. The molecule has 2 aliphatic rings. The summed E-state index contributed by atoms with van der Waals surface area (Å²) in [5.74, 6) is -0.850. The van der Waals surface area contributed by atoms with E-state index in [1.165, 1.54) is 30.7 Å². The van der Waals surface area contributed by atoms with Crippen molar-refractivity contribution < 1.29 is 24.5 Å². The summed E-state index contributed by atoms with van der Waals surface area (Å²) in [7, 11) is 0. The Labute approximate surface area is 181 Å². The molecule has 1 saturated heterocycles. The van der Waals surface area contributed by atoms with Gasteiger partial charge in [-0.1, -0.05) is 63.6 Å². The molecule has 172 valence electrons. The topological polar surface area (TPSA) is 99.1 Å². The summed E-state index contributed by atoms with van der Waals surface area (Å²) in [4.78, 5) is 23.8. The first-order valence-corrected chi connectivity index (χ1v) is 11.1. The Kier molecular flexibility index (Phi) is 17.8. The summed E-state index contributed by atoms with van der Waals surface area (Å²) < 4.78 is 4.83. The van der Waals surface area contributed by atoms with E-state index in [1.54, 1.807) is 12.1 Å². The van der Waals surface area contributed by atoms with E-state index in [0.29, 0.717) is 12.1 Å². The Morgan fingerprint density at radius 2 is 1.50 bits per heavy atom. The molecule has 1 unspecified atom stereocenters. The Morgan fingerprint density at radius 1 is 0.967 bits per heavy atom. The highest BCUT2D eigenvalue weighted by Gasteiger charge is 2.39. The van der Waals surface area contributed by atoms with Crippen LogP contribution in [0.15, 0.2) is 30.3 Å². The van der Waals surface area contributed by atoms with Crippen LogP contribution in [0.3, 0.4) is 0 Å². The molecule has 1 heterocycles. The van der Waals surface area contributed by atoms with Crippen LogP contribution in [0.5, 0.6) is 0 Å². The van der Waals surface area contributed by atoms with Crippen LogP contribution in [0.4, 0.5) is 5.69 Å². The fourth-order valence-corrected chi connectivity index (χ4v) is 2.40. The number of hydrazine groups is 1. The summed E-state index contributed by atoms with van der Waals surface area (Å²) >= 11 is 0. The number of hydrogen-bond donors (Lipinski definition) is 3. The molecule has 7 nitrogen and oxygen atoms in total. The van der Waals surface area contributed by atoms with Gasteiger partial charge in [-0.2, -0.15) is 0 Å². The largest absolute Gasteiger partial charge is 0.394 e. The van der Waals surface area contributed by atoms with Crippen LogP contribution in [-0.4, -0.2) is 48.5 Å². The van der Waals surface area contributed by atoms with Crippen molar-refractivity contribution in [2.24, 2.45) is 5.92 Å². The molecule has 1 aromatic carbocycles. The molecule has 3 rings (SSSR count). The van der Waals surface area contributed by atoms with Crippen LogP contribution in [0.2, 0.25) is 0 Å². The third-order valence-electron chi connectivity index (χ3n) is 4.43. The fourth-order valence-electron chi connectivity index (χ4n) is 2.40. The van der Waals surface area contributed by atoms with E-state index in [2.05, 4.69) is 5.43 Å². The number of amides is 2. The van der Waals surface area contributed by atoms with Crippen LogP contribution in [0, 0.1) is 5.92 Å². The number of ether oxygens (including phenoxy) is 1. The maximum Gasteiger partial charge on any atom is 0.258 e. The summed E-state index contributed by atoms with van der Waals surface area (Å²) in [6, 6.07) is 9.17. The number of carbonyl (C=O) groups excluding carboxylic acids is 2. The Hall–Kier alpha value is -1.96. The van der Waals surface area contributed by atoms with Crippen molar-refractivity contribution in [1.82, 2.24) is 5.43 Å². The summed E-state index contributed by atoms with van der Waals surface area (Å²) in [6.45, 7) is 7.46. The lowest BCUT2D eigenvalue weighted by molar-refractivity contribution is -0.127. The van der Waals surface area contributed by atoms with Gasteiger partial charge in [-0.05, 0) is 32.4 Å². The van der Waals surface area contributed by atoms with E-state index in [0.717, 1.165) is 26.1 Å². The van der Waals surface area contributed by atoms with Gasteiger partial charge in [-0.3, -0.25) is 15.0 Å². The van der Waals surface area contributed by atoms with Gasteiger partial charge in [0.05, 0.1) is 18.9 Å². The number of aliphatic hydroxyl groups is 2. The lowest BCUT2D eigenvalue weighted by Gasteiger charge is -2.14. The number of rotatable bonds is 7. The first-order valence-electron chi connectivity index (χ1n) is 11.1. The van der Waals surface area contributed by atoms with Gasteiger partial charge in [0.15, 0.2) is 0 Å². The number of anilines is 1. The fraction of sp³-hybridized carbons (Fsp3) is 0.652. The summed E-state index contributed by atoms with van der Waals surface area (Å²) in [5, 5.41) is 16.6. The van der Waals surface area contributed by atoms with Gasteiger partial charge < -0.3 is 14.9 Å². The standard InChI is InChI=1S/C13H16N2O2.C4H10O.C4H8.C2H6O2/c1-2-3-9-11-12(16)14-15(13(11)17)10-7-5-4-6-8-10;1-3-5-4-2;1-2-4-3-1;3-1-2-4/h4-8,11H,2-3,9H2,1H3,(H,14,16);3-4H2,1-2H3;1-4H2;3-4H,1-2H2. The molecular formula is C23H40N2O5. The SMILES string of the molecule is C1CCC1.CCCCC1C(=O)NN(c2ccccc2)C1=O.CCOCC.OCCO. The number of unbranched alkanes of at least 4 members (excludes halogenated alkanes) is 1. The predicted octanol–water partition coefficient (Wildman–Crippen LogP) is 3.45. The molecule has 1 saturated carbocycles. The van der Waals surface area contributed by atoms with Crippen molar-refractivity contribution in [2.75, 3.05) is 31.4 Å². The molecule has 2 fully saturated rings. The van der Waals surface area contributed by atoms with Gasteiger partial charge >= 0.3 is 0 Å². The first kappa shape index (κ1) is 28.0. The lowest BCUT2D eigenvalue weighted by Crippen LogP contribution is -2.35. The van der Waals surface area contributed by atoms with Crippen molar-refractivity contribution in [3.63, 3.8) is 0 Å². The Morgan fingerprint density at radius 3 is 1.87 bits per heavy atom. The van der Waals surface area contributed by atoms with Gasteiger partial charge in [-0.15, -0.1) is 0 Å². The van der Waals surface area contributed by atoms with Crippen LogP contribution in [-0.2, 0) is 14.3 Å².